The first-order valence-electron chi connectivity index (χ1n) is 5.81. The predicted molar refractivity (Wildman–Crippen MR) is 59.1 cm³/mol. The van der Waals surface area contributed by atoms with E-state index in [0.717, 1.165) is 12.1 Å². The Hall–Kier alpha value is -1.67. The molecule has 0 radical (unpaired) electrons. The Kier molecular flexibility index (Phi) is 3.54. The lowest BCUT2D eigenvalue weighted by Crippen LogP contribution is -2.62. The number of fused-ring (bicyclic) bond motifs is 1. The molecule has 1 aliphatic rings. The molecule has 0 nitrogen and oxygen atoms in total. The fourth-order valence-electron chi connectivity index (χ4n) is 2.15. The topological polar surface area (TPSA) is 0 Å². The minimum Gasteiger partial charge on any atom is -0.199 e. The third kappa shape index (κ3) is 2.09. The Morgan fingerprint density at radius 1 is 0.727 bits per heavy atom. The Labute approximate surface area is 118 Å². The molecule has 0 spiro atoms. The van der Waals surface area contributed by atoms with Gasteiger partial charge in [0, 0.05) is 0 Å². The highest BCUT2D eigenvalue weighted by atomic mass is 19.4. The second kappa shape index (κ2) is 4.66. The van der Waals surface area contributed by atoms with E-state index in [9.17, 15) is 39.5 Å². The Bertz CT molecular complexity index is 598. The number of hydrogen-bond donors (Lipinski definition) is 0. The van der Waals surface area contributed by atoms with E-state index in [2.05, 4.69) is 0 Å². The largest absolute Gasteiger partial charge is 0.460 e. The van der Waals surface area contributed by atoms with Gasteiger partial charge in [0.1, 0.15) is 0 Å². The summed E-state index contributed by atoms with van der Waals surface area (Å²) >= 11 is 0. The maximum atomic E-state index is 13.8. The quantitative estimate of drug-likeness (QED) is 0.661. The molecule has 1 aliphatic carbocycles. The molecule has 1 aromatic rings. The number of benzene rings is 1. The van der Waals surface area contributed by atoms with Crippen LogP contribution in [-0.2, 0) is 0 Å². The van der Waals surface area contributed by atoms with Gasteiger partial charge < -0.3 is 0 Å². The second-order valence-corrected chi connectivity index (χ2v) is 4.74. The molecule has 0 saturated heterocycles. The van der Waals surface area contributed by atoms with Crippen LogP contribution >= 0.6 is 0 Å². The van der Waals surface area contributed by atoms with E-state index >= 15 is 0 Å². The first kappa shape index (κ1) is 16.7. The maximum absolute atomic E-state index is 13.8. The first-order chi connectivity index (χ1) is 9.84. The average molecular weight is 334 g/mol. The summed E-state index contributed by atoms with van der Waals surface area (Å²) in [5, 5.41) is 0. The number of allylic oxidation sites excluding steroid dienone is 1. The van der Waals surface area contributed by atoms with Crippen LogP contribution in [0, 0.1) is 0 Å². The number of alkyl halides is 9. The van der Waals surface area contributed by atoms with Crippen LogP contribution in [-0.4, -0.2) is 23.9 Å². The summed E-state index contributed by atoms with van der Waals surface area (Å²) in [7, 11) is 0. The second-order valence-electron chi connectivity index (χ2n) is 4.74. The fraction of sp³-hybridized carbons (Fsp3) is 0.385. The minimum atomic E-state index is -6.87. The molecule has 0 aliphatic heterocycles. The van der Waals surface area contributed by atoms with E-state index in [1.54, 1.807) is 0 Å². The van der Waals surface area contributed by atoms with Crippen LogP contribution in [0.15, 0.2) is 30.3 Å². The highest BCUT2D eigenvalue weighted by Crippen LogP contribution is 2.58. The third-order valence-corrected chi connectivity index (χ3v) is 3.36. The molecule has 2 rings (SSSR count). The standard InChI is InChI=1S/C13H7F9/c14-10(15,11(16,17)12(18,19)13(20,21)22)9-6-5-7-3-1-2-4-8(7)9/h1-6,9H. The maximum Gasteiger partial charge on any atom is 0.460 e. The van der Waals surface area contributed by atoms with E-state index in [1.807, 2.05) is 0 Å². The number of halogens is 9. The van der Waals surface area contributed by atoms with Crippen molar-refractivity contribution < 1.29 is 39.5 Å². The van der Waals surface area contributed by atoms with Crippen LogP contribution in [0.3, 0.4) is 0 Å². The summed E-state index contributed by atoms with van der Waals surface area (Å²) in [6.45, 7) is 0. The zero-order valence-corrected chi connectivity index (χ0v) is 10.4. The number of rotatable bonds is 3. The zero-order valence-electron chi connectivity index (χ0n) is 10.4. The Morgan fingerprint density at radius 3 is 1.82 bits per heavy atom. The fourth-order valence-corrected chi connectivity index (χ4v) is 2.15. The lowest BCUT2D eigenvalue weighted by molar-refractivity contribution is -0.397. The summed E-state index contributed by atoms with van der Waals surface area (Å²) < 4.78 is 116. The Morgan fingerprint density at radius 2 is 1.27 bits per heavy atom. The molecule has 1 unspecified atom stereocenters. The molecule has 122 valence electrons. The zero-order chi connectivity index (χ0) is 17.0. The molecule has 0 N–H and O–H groups in total. The summed E-state index contributed by atoms with van der Waals surface area (Å²) in [4.78, 5) is 0. The van der Waals surface area contributed by atoms with Crippen LogP contribution in [0.2, 0.25) is 0 Å². The van der Waals surface area contributed by atoms with Crippen molar-refractivity contribution in [2.45, 2.75) is 29.9 Å². The van der Waals surface area contributed by atoms with Crippen molar-refractivity contribution in [1.29, 1.82) is 0 Å². The molecule has 0 amide bonds. The molecule has 0 bridgehead atoms. The summed E-state index contributed by atoms with van der Waals surface area (Å²) in [5.74, 6) is -21.7. The van der Waals surface area contributed by atoms with E-state index in [1.165, 1.54) is 18.2 Å². The van der Waals surface area contributed by atoms with Gasteiger partial charge >= 0.3 is 23.9 Å². The average Bonchev–Trinajstić information content (AvgIpc) is 2.81. The molecule has 0 fully saturated rings. The van der Waals surface area contributed by atoms with Gasteiger partial charge in [-0.05, 0) is 11.1 Å². The summed E-state index contributed by atoms with van der Waals surface area (Å²) in [6.07, 6.45) is -5.34. The molecule has 0 saturated carbocycles. The highest BCUT2D eigenvalue weighted by molar-refractivity contribution is 5.63. The van der Waals surface area contributed by atoms with Crippen LogP contribution in [0.4, 0.5) is 39.5 Å². The van der Waals surface area contributed by atoms with Gasteiger partial charge in [0.15, 0.2) is 0 Å². The van der Waals surface area contributed by atoms with E-state index in [0.29, 0.717) is 6.08 Å². The van der Waals surface area contributed by atoms with E-state index in [-0.39, 0.29) is 5.56 Å². The van der Waals surface area contributed by atoms with Gasteiger partial charge in [0.2, 0.25) is 0 Å². The Balaban J connectivity index is 2.49. The van der Waals surface area contributed by atoms with Crippen molar-refractivity contribution in [3.63, 3.8) is 0 Å². The van der Waals surface area contributed by atoms with Crippen molar-refractivity contribution in [3.8, 4) is 0 Å². The molecule has 22 heavy (non-hydrogen) atoms. The van der Waals surface area contributed by atoms with Gasteiger partial charge in [-0.25, -0.2) is 0 Å². The SMILES string of the molecule is FC(F)(F)C(F)(F)C(F)(F)C(F)(F)C1C=Cc2ccccc21. The monoisotopic (exact) mass is 334 g/mol. The number of hydrogen-bond acceptors (Lipinski definition) is 0. The predicted octanol–water partition coefficient (Wildman–Crippen LogP) is 5.27. The van der Waals surface area contributed by atoms with Gasteiger partial charge in [0.25, 0.3) is 0 Å². The van der Waals surface area contributed by atoms with E-state index in [4.69, 9.17) is 0 Å². The van der Waals surface area contributed by atoms with Crippen LogP contribution in [0.25, 0.3) is 6.08 Å². The highest BCUT2D eigenvalue weighted by Gasteiger charge is 2.82. The lowest BCUT2D eigenvalue weighted by Gasteiger charge is -2.36. The van der Waals surface area contributed by atoms with Gasteiger partial charge in [-0.2, -0.15) is 39.5 Å². The summed E-state index contributed by atoms with van der Waals surface area (Å²) in [6, 6.07) is 4.79. The molecule has 0 heterocycles. The first-order valence-corrected chi connectivity index (χ1v) is 5.81. The van der Waals surface area contributed by atoms with Crippen molar-refractivity contribution in [2.24, 2.45) is 0 Å². The minimum absolute atomic E-state index is 0.0540. The molecule has 1 atom stereocenters. The third-order valence-electron chi connectivity index (χ3n) is 3.36. The van der Waals surface area contributed by atoms with Gasteiger partial charge in [-0.3, -0.25) is 0 Å². The van der Waals surface area contributed by atoms with Crippen LogP contribution in [0.1, 0.15) is 17.0 Å². The molecule has 0 aromatic heterocycles. The smallest absolute Gasteiger partial charge is 0.199 e. The van der Waals surface area contributed by atoms with Crippen LogP contribution < -0.4 is 0 Å². The molecular formula is C13H7F9. The molecule has 1 aromatic carbocycles. The molecule has 9 heteroatoms. The van der Waals surface area contributed by atoms with Crippen molar-refractivity contribution >= 4 is 6.08 Å². The molecular weight excluding hydrogens is 327 g/mol. The van der Waals surface area contributed by atoms with Crippen molar-refractivity contribution in [2.75, 3.05) is 0 Å². The summed E-state index contributed by atoms with van der Waals surface area (Å²) in [5.41, 5.74) is -0.386. The van der Waals surface area contributed by atoms with Crippen LogP contribution in [0.5, 0.6) is 0 Å². The van der Waals surface area contributed by atoms with E-state index < -0.39 is 35.4 Å². The van der Waals surface area contributed by atoms with Gasteiger partial charge in [0.05, 0.1) is 5.92 Å². The van der Waals surface area contributed by atoms with Gasteiger partial charge in [-0.15, -0.1) is 0 Å². The van der Waals surface area contributed by atoms with Crippen molar-refractivity contribution in [3.05, 3.63) is 41.5 Å². The normalized spacial score (nSPS) is 19.4. The van der Waals surface area contributed by atoms with Gasteiger partial charge in [-0.1, -0.05) is 36.4 Å². The lowest BCUT2D eigenvalue weighted by atomic mass is 9.87. The van der Waals surface area contributed by atoms with Crippen molar-refractivity contribution in [1.82, 2.24) is 0 Å².